The maximum Gasteiger partial charge on any atom is 0.0706 e. The highest BCUT2D eigenvalue weighted by molar-refractivity contribution is 5.85. The lowest BCUT2D eigenvalue weighted by atomic mass is 10.0. The first-order valence-electron chi connectivity index (χ1n) is 8.19. The van der Waals surface area contributed by atoms with Crippen molar-refractivity contribution in [2.75, 3.05) is 26.2 Å². The predicted molar refractivity (Wildman–Crippen MR) is 103 cm³/mol. The third-order valence-electron chi connectivity index (χ3n) is 4.38. The molecule has 5 heteroatoms. The van der Waals surface area contributed by atoms with Crippen LogP contribution in [0.4, 0.5) is 0 Å². The Balaban J connectivity index is 0.00000132. The number of para-hydroxylation sites is 1. The summed E-state index contributed by atoms with van der Waals surface area (Å²) in [6.45, 7) is 6.71. The van der Waals surface area contributed by atoms with Crippen LogP contribution in [0.15, 0.2) is 36.4 Å². The van der Waals surface area contributed by atoms with Gasteiger partial charge in [-0.3, -0.25) is 9.88 Å². The van der Waals surface area contributed by atoms with E-state index in [-0.39, 0.29) is 24.8 Å². The molecule has 128 valence electrons. The molecular formula is C18H27Cl2N3. The lowest BCUT2D eigenvalue weighted by molar-refractivity contribution is 0.160. The molecule has 3 nitrogen and oxygen atoms in total. The number of benzene rings is 1. The topological polar surface area (TPSA) is 28.2 Å². The summed E-state index contributed by atoms with van der Waals surface area (Å²) in [5.41, 5.74) is 2.36. The first-order chi connectivity index (χ1) is 10.4. The highest BCUT2D eigenvalue weighted by Crippen LogP contribution is 2.27. The standard InChI is InChI=1S/C18H25N3.2ClH/c1-2-3-8-18(21-13-11-19-12-14-21)17-10-9-15-6-4-5-7-16(15)20-17;;/h4-7,9-10,18-19H,2-3,8,11-14H2,1H3;2*1H/t18-;;/m0../s1. The van der Waals surface area contributed by atoms with Gasteiger partial charge in [0.05, 0.1) is 17.3 Å². The first kappa shape index (κ1) is 20.2. The van der Waals surface area contributed by atoms with Gasteiger partial charge in [0.2, 0.25) is 0 Å². The largest absolute Gasteiger partial charge is 0.314 e. The number of piperazine rings is 1. The highest BCUT2D eigenvalue weighted by Gasteiger charge is 2.22. The van der Waals surface area contributed by atoms with Crippen LogP contribution in [0.25, 0.3) is 10.9 Å². The van der Waals surface area contributed by atoms with E-state index in [9.17, 15) is 0 Å². The quantitative estimate of drug-likeness (QED) is 0.870. The molecule has 0 unspecified atom stereocenters. The van der Waals surface area contributed by atoms with Crippen molar-refractivity contribution in [3.05, 3.63) is 42.1 Å². The van der Waals surface area contributed by atoms with Crippen LogP contribution < -0.4 is 5.32 Å². The molecule has 23 heavy (non-hydrogen) atoms. The molecule has 0 amide bonds. The number of fused-ring (bicyclic) bond motifs is 1. The third-order valence-corrected chi connectivity index (χ3v) is 4.38. The van der Waals surface area contributed by atoms with Crippen molar-refractivity contribution in [1.29, 1.82) is 0 Å². The smallest absolute Gasteiger partial charge is 0.0706 e. The zero-order valence-electron chi connectivity index (χ0n) is 13.7. The van der Waals surface area contributed by atoms with Gasteiger partial charge in [0.15, 0.2) is 0 Å². The molecule has 1 saturated heterocycles. The van der Waals surface area contributed by atoms with E-state index in [0.29, 0.717) is 6.04 Å². The van der Waals surface area contributed by atoms with Crippen LogP contribution in [0.3, 0.4) is 0 Å². The van der Waals surface area contributed by atoms with E-state index in [1.165, 1.54) is 30.3 Å². The van der Waals surface area contributed by atoms with Gasteiger partial charge in [0.25, 0.3) is 0 Å². The fourth-order valence-electron chi connectivity index (χ4n) is 3.18. The van der Waals surface area contributed by atoms with E-state index in [1.807, 2.05) is 0 Å². The molecule has 1 N–H and O–H groups in total. The van der Waals surface area contributed by atoms with Crippen LogP contribution >= 0.6 is 24.8 Å². The van der Waals surface area contributed by atoms with Crippen LogP contribution in [0.5, 0.6) is 0 Å². The molecule has 1 atom stereocenters. The zero-order chi connectivity index (χ0) is 14.5. The Bertz CT molecular complexity index is 585. The summed E-state index contributed by atoms with van der Waals surface area (Å²) in [5.74, 6) is 0. The molecule has 1 aliphatic heterocycles. The maximum absolute atomic E-state index is 4.94. The summed E-state index contributed by atoms with van der Waals surface area (Å²) in [6.07, 6.45) is 3.72. The molecular weight excluding hydrogens is 329 g/mol. The predicted octanol–water partition coefficient (Wildman–Crippen LogP) is 4.21. The Morgan fingerprint density at radius 3 is 2.57 bits per heavy atom. The lowest BCUT2D eigenvalue weighted by Gasteiger charge is -2.34. The minimum Gasteiger partial charge on any atom is -0.314 e. The Morgan fingerprint density at radius 1 is 1.09 bits per heavy atom. The van der Waals surface area contributed by atoms with Crippen LogP contribution in [-0.2, 0) is 0 Å². The number of halogens is 2. The number of nitrogens with zero attached hydrogens (tertiary/aromatic N) is 2. The molecule has 1 aliphatic rings. The van der Waals surface area contributed by atoms with Crippen LogP contribution in [0.2, 0.25) is 0 Å². The molecule has 2 aromatic rings. The number of rotatable bonds is 5. The molecule has 1 aromatic heterocycles. The summed E-state index contributed by atoms with van der Waals surface area (Å²) in [6, 6.07) is 13.3. The van der Waals surface area contributed by atoms with Crippen LogP contribution in [-0.4, -0.2) is 36.1 Å². The minimum absolute atomic E-state index is 0. The van der Waals surface area contributed by atoms with Crippen molar-refractivity contribution in [2.24, 2.45) is 0 Å². The van der Waals surface area contributed by atoms with Crippen molar-refractivity contribution in [1.82, 2.24) is 15.2 Å². The second-order valence-corrected chi connectivity index (χ2v) is 5.87. The average Bonchev–Trinajstić information content (AvgIpc) is 2.56. The normalized spacial score (nSPS) is 16.4. The Hall–Kier alpha value is -0.870. The lowest BCUT2D eigenvalue weighted by Crippen LogP contribution is -2.45. The number of unbranched alkanes of at least 4 members (excludes halogenated alkanes) is 1. The number of aromatic nitrogens is 1. The van der Waals surface area contributed by atoms with Crippen LogP contribution in [0.1, 0.15) is 37.9 Å². The minimum atomic E-state index is 0. The van der Waals surface area contributed by atoms with Crippen molar-refractivity contribution in [2.45, 2.75) is 32.2 Å². The zero-order valence-corrected chi connectivity index (χ0v) is 15.3. The Labute approximate surface area is 151 Å². The van der Waals surface area contributed by atoms with E-state index >= 15 is 0 Å². The fraction of sp³-hybridized carbons (Fsp3) is 0.500. The maximum atomic E-state index is 4.94. The van der Waals surface area contributed by atoms with Gasteiger partial charge in [0.1, 0.15) is 0 Å². The number of hydrogen-bond donors (Lipinski definition) is 1. The number of nitrogens with one attached hydrogen (secondary N) is 1. The van der Waals surface area contributed by atoms with Crippen LogP contribution in [0, 0.1) is 0 Å². The fourth-order valence-corrected chi connectivity index (χ4v) is 3.18. The van der Waals surface area contributed by atoms with Crippen molar-refractivity contribution in [3.8, 4) is 0 Å². The first-order valence-corrected chi connectivity index (χ1v) is 8.19. The van der Waals surface area contributed by atoms with E-state index in [4.69, 9.17) is 4.98 Å². The molecule has 0 aliphatic carbocycles. The van der Waals surface area contributed by atoms with Gasteiger partial charge in [-0.25, -0.2) is 0 Å². The Kier molecular flexibility index (Phi) is 8.85. The molecule has 0 bridgehead atoms. The van der Waals surface area contributed by atoms with Gasteiger partial charge in [-0.1, -0.05) is 44.0 Å². The van der Waals surface area contributed by atoms with E-state index in [2.05, 4.69) is 53.5 Å². The van der Waals surface area contributed by atoms with Crippen molar-refractivity contribution >= 4 is 35.7 Å². The van der Waals surface area contributed by atoms with Crippen molar-refractivity contribution in [3.63, 3.8) is 0 Å². The van der Waals surface area contributed by atoms with E-state index in [0.717, 1.165) is 31.7 Å². The number of pyridine rings is 1. The average molecular weight is 356 g/mol. The summed E-state index contributed by atoms with van der Waals surface area (Å²) in [7, 11) is 0. The molecule has 0 radical (unpaired) electrons. The van der Waals surface area contributed by atoms with Crippen molar-refractivity contribution < 1.29 is 0 Å². The van der Waals surface area contributed by atoms with Gasteiger partial charge in [0, 0.05) is 31.6 Å². The molecule has 1 fully saturated rings. The second-order valence-electron chi connectivity index (χ2n) is 5.87. The second kappa shape index (κ2) is 10.1. The van der Waals surface area contributed by atoms with E-state index < -0.39 is 0 Å². The van der Waals surface area contributed by atoms with E-state index in [1.54, 1.807) is 0 Å². The molecule has 3 rings (SSSR count). The molecule has 0 saturated carbocycles. The summed E-state index contributed by atoms with van der Waals surface area (Å²) in [5, 5.41) is 4.68. The highest BCUT2D eigenvalue weighted by atomic mass is 35.5. The summed E-state index contributed by atoms with van der Waals surface area (Å²) >= 11 is 0. The molecule has 2 heterocycles. The summed E-state index contributed by atoms with van der Waals surface area (Å²) in [4.78, 5) is 7.54. The molecule has 0 spiro atoms. The third kappa shape index (κ3) is 5.05. The number of hydrogen-bond acceptors (Lipinski definition) is 3. The van der Waals surface area contributed by atoms with Gasteiger partial charge >= 0.3 is 0 Å². The Morgan fingerprint density at radius 2 is 1.83 bits per heavy atom. The monoisotopic (exact) mass is 355 g/mol. The summed E-state index contributed by atoms with van der Waals surface area (Å²) < 4.78 is 0. The van der Waals surface area contributed by atoms with Gasteiger partial charge < -0.3 is 5.32 Å². The SMILES string of the molecule is CCCC[C@@H](c1ccc2ccccc2n1)N1CCNCC1.Cl.Cl. The van der Waals surface area contributed by atoms with Gasteiger partial charge in [-0.15, -0.1) is 24.8 Å². The van der Waals surface area contributed by atoms with Gasteiger partial charge in [-0.2, -0.15) is 0 Å². The van der Waals surface area contributed by atoms with Gasteiger partial charge in [-0.05, 0) is 18.6 Å². The molecule has 1 aromatic carbocycles.